The van der Waals surface area contributed by atoms with Crippen LogP contribution in [0.2, 0.25) is 0 Å². The molecule has 20 heavy (non-hydrogen) atoms. The summed E-state index contributed by atoms with van der Waals surface area (Å²) in [4.78, 5) is 5.79. The molecule has 0 saturated carbocycles. The first-order chi connectivity index (χ1) is 9.72. The molecule has 0 aliphatic carbocycles. The largest absolute Gasteiger partial charge is 0.385 e. The van der Waals surface area contributed by atoms with E-state index in [1.54, 1.807) is 18.9 Å². The van der Waals surface area contributed by atoms with Crippen LogP contribution in [0.15, 0.2) is 35.4 Å². The number of anilines is 2. The maximum absolute atomic E-state index is 5.10. The van der Waals surface area contributed by atoms with Crippen molar-refractivity contribution in [1.29, 1.82) is 0 Å². The fourth-order valence-electron chi connectivity index (χ4n) is 2.00. The van der Waals surface area contributed by atoms with Crippen molar-refractivity contribution >= 4 is 23.4 Å². The van der Waals surface area contributed by atoms with E-state index in [1.165, 1.54) is 4.90 Å². The van der Waals surface area contributed by atoms with Crippen LogP contribution >= 0.6 is 11.8 Å². The fraction of sp³-hybridized carbons (Fsp3) is 0.400. The SMILES string of the molecule is COCCCn1cc(C)nc1Nc1ccc(SC)cc1. The number of imidazole rings is 1. The third kappa shape index (κ3) is 4.02. The van der Waals surface area contributed by atoms with E-state index in [0.29, 0.717) is 0 Å². The number of aromatic nitrogens is 2. The molecular weight excluding hydrogens is 270 g/mol. The lowest BCUT2D eigenvalue weighted by Gasteiger charge is -2.10. The first kappa shape index (κ1) is 14.9. The minimum atomic E-state index is 0.763. The number of methoxy groups -OCH3 is 1. The molecule has 0 fully saturated rings. The fourth-order valence-corrected chi connectivity index (χ4v) is 2.41. The van der Waals surface area contributed by atoms with Gasteiger partial charge in [0.25, 0.3) is 0 Å². The Bertz CT molecular complexity index is 537. The standard InChI is InChI=1S/C15H21N3OS/c1-12-11-18(9-4-10-19-2)15(16-12)17-13-5-7-14(20-3)8-6-13/h5-8,11H,4,9-10H2,1-3H3,(H,16,17). The maximum atomic E-state index is 5.10. The number of rotatable bonds is 7. The zero-order chi connectivity index (χ0) is 14.4. The van der Waals surface area contributed by atoms with Crippen LogP contribution < -0.4 is 5.32 Å². The van der Waals surface area contributed by atoms with Crippen molar-refractivity contribution in [3.8, 4) is 0 Å². The predicted molar refractivity (Wildman–Crippen MR) is 85.0 cm³/mol. The number of nitrogens with zero attached hydrogens (tertiary/aromatic N) is 2. The summed E-state index contributed by atoms with van der Waals surface area (Å²) in [6.45, 7) is 3.67. The molecular formula is C15H21N3OS. The normalized spacial score (nSPS) is 10.8. The van der Waals surface area contributed by atoms with Crippen molar-refractivity contribution in [2.45, 2.75) is 24.8 Å². The zero-order valence-corrected chi connectivity index (χ0v) is 13.0. The van der Waals surface area contributed by atoms with Crippen molar-refractivity contribution in [1.82, 2.24) is 9.55 Å². The minimum Gasteiger partial charge on any atom is -0.385 e. The van der Waals surface area contributed by atoms with Crippen LogP contribution in [0.5, 0.6) is 0 Å². The molecule has 1 N–H and O–H groups in total. The van der Waals surface area contributed by atoms with Crippen molar-refractivity contribution in [2.24, 2.45) is 0 Å². The van der Waals surface area contributed by atoms with Crippen LogP contribution in [0.25, 0.3) is 0 Å². The van der Waals surface area contributed by atoms with Gasteiger partial charge in [-0.3, -0.25) is 0 Å². The van der Waals surface area contributed by atoms with E-state index in [4.69, 9.17) is 4.74 Å². The highest BCUT2D eigenvalue weighted by molar-refractivity contribution is 7.98. The summed E-state index contributed by atoms with van der Waals surface area (Å²) in [5.74, 6) is 0.885. The quantitative estimate of drug-likeness (QED) is 0.624. The van der Waals surface area contributed by atoms with E-state index >= 15 is 0 Å². The summed E-state index contributed by atoms with van der Waals surface area (Å²) in [6.07, 6.45) is 5.12. The Morgan fingerprint density at radius 1 is 1.30 bits per heavy atom. The Morgan fingerprint density at radius 3 is 2.70 bits per heavy atom. The molecule has 0 spiro atoms. The molecule has 0 bridgehead atoms. The van der Waals surface area contributed by atoms with Crippen molar-refractivity contribution in [3.05, 3.63) is 36.2 Å². The van der Waals surface area contributed by atoms with Crippen LogP contribution in [0.1, 0.15) is 12.1 Å². The number of thioether (sulfide) groups is 1. The molecule has 2 aromatic rings. The molecule has 108 valence electrons. The molecule has 4 nitrogen and oxygen atoms in total. The second kappa shape index (κ2) is 7.36. The number of ether oxygens (including phenoxy) is 1. The maximum Gasteiger partial charge on any atom is 0.207 e. The number of benzene rings is 1. The summed E-state index contributed by atoms with van der Waals surface area (Å²) in [7, 11) is 1.73. The van der Waals surface area contributed by atoms with Gasteiger partial charge in [0.1, 0.15) is 0 Å². The number of aryl methyl sites for hydroxylation is 2. The summed E-state index contributed by atoms with van der Waals surface area (Å²) < 4.78 is 7.23. The molecule has 0 amide bonds. The first-order valence-corrected chi connectivity index (χ1v) is 7.89. The summed E-state index contributed by atoms with van der Waals surface area (Å²) in [6, 6.07) is 8.38. The zero-order valence-electron chi connectivity index (χ0n) is 12.2. The number of hydrogen-bond donors (Lipinski definition) is 1. The number of hydrogen-bond acceptors (Lipinski definition) is 4. The van der Waals surface area contributed by atoms with Crippen LogP contribution in [-0.4, -0.2) is 29.5 Å². The average Bonchev–Trinajstić information content (AvgIpc) is 2.80. The molecule has 0 aliphatic rings. The lowest BCUT2D eigenvalue weighted by Crippen LogP contribution is -2.05. The van der Waals surface area contributed by atoms with E-state index < -0.39 is 0 Å². The monoisotopic (exact) mass is 291 g/mol. The highest BCUT2D eigenvalue weighted by Gasteiger charge is 2.05. The molecule has 1 aromatic heterocycles. The van der Waals surface area contributed by atoms with E-state index in [1.807, 2.05) is 6.92 Å². The Labute approximate surface area is 124 Å². The third-order valence-corrected chi connectivity index (χ3v) is 3.73. The van der Waals surface area contributed by atoms with Gasteiger partial charge in [0.15, 0.2) is 0 Å². The van der Waals surface area contributed by atoms with E-state index in [-0.39, 0.29) is 0 Å². The predicted octanol–water partition coefficient (Wildman–Crippen LogP) is 3.69. The van der Waals surface area contributed by atoms with E-state index in [0.717, 1.165) is 36.9 Å². The van der Waals surface area contributed by atoms with Gasteiger partial charge in [0.2, 0.25) is 5.95 Å². The molecule has 1 aromatic carbocycles. The van der Waals surface area contributed by atoms with Crippen LogP contribution in [-0.2, 0) is 11.3 Å². The van der Waals surface area contributed by atoms with Gasteiger partial charge < -0.3 is 14.6 Å². The van der Waals surface area contributed by atoms with Gasteiger partial charge in [0, 0.05) is 37.0 Å². The topological polar surface area (TPSA) is 39.1 Å². The molecule has 5 heteroatoms. The lowest BCUT2D eigenvalue weighted by atomic mass is 10.3. The third-order valence-electron chi connectivity index (χ3n) is 2.99. The van der Waals surface area contributed by atoms with Gasteiger partial charge >= 0.3 is 0 Å². The van der Waals surface area contributed by atoms with Gasteiger partial charge in [-0.15, -0.1) is 11.8 Å². The van der Waals surface area contributed by atoms with Crippen LogP contribution in [0, 0.1) is 6.92 Å². The molecule has 0 radical (unpaired) electrons. The molecule has 1 heterocycles. The van der Waals surface area contributed by atoms with Gasteiger partial charge in [-0.1, -0.05) is 0 Å². The van der Waals surface area contributed by atoms with Gasteiger partial charge in [-0.05, 0) is 43.9 Å². The second-order valence-electron chi connectivity index (χ2n) is 4.60. The van der Waals surface area contributed by atoms with Gasteiger partial charge in [-0.25, -0.2) is 4.98 Å². The molecule has 0 aliphatic heterocycles. The molecule has 0 saturated heterocycles. The smallest absolute Gasteiger partial charge is 0.207 e. The van der Waals surface area contributed by atoms with Crippen LogP contribution in [0.3, 0.4) is 0 Å². The van der Waals surface area contributed by atoms with Gasteiger partial charge in [0.05, 0.1) is 5.69 Å². The number of nitrogens with one attached hydrogen (secondary N) is 1. The second-order valence-corrected chi connectivity index (χ2v) is 5.48. The Hall–Kier alpha value is -1.46. The first-order valence-electron chi connectivity index (χ1n) is 6.66. The minimum absolute atomic E-state index is 0.763. The van der Waals surface area contributed by atoms with E-state index in [2.05, 4.69) is 51.6 Å². The summed E-state index contributed by atoms with van der Waals surface area (Å²) in [5.41, 5.74) is 2.08. The molecule has 0 atom stereocenters. The summed E-state index contributed by atoms with van der Waals surface area (Å²) >= 11 is 1.74. The van der Waals surface area contributed by atoms with Crippen LogP contribution in [0.4, 0.5) is 11.6 Å². The highest BCUT2D eigenvalue weighted by atomic mass is 32.2. The average molecular weight is 291 g/mol. The Morgan fingerprint density at radius 2 is 2.05 bits per heavy atom. The highest BCUT2D eigenvalue weighted by Crippen LogP contribution is 2.21. The van der Waals surface area contributed by atoms with Crippen molar-refractivity contribution in [2.75, 3.05) is 25.3 Å². The molecule has 0 unspecified atom stereocenters. The van der Waals surface area contributed by atoms with E-state index in [9.17, 15) is 0 Å². The van der Waals surface area contributed by atoms with Gasteiger partial charge in [-0.2, -0.15) is 0 Å². The Balaban J connectivity index is 2.07. The van der Waals surface area contributed by atoms with Crippen molar-refractivity contribution in [3.63, 3.8) is 0 Å². The van der Waals surface area contributed by atoms with Crippen molar-refractivity contribution < 1.29 is 4.74 Å². The molecule has 2 rings (SSSR count). The summed E-state index contributed by atoms with van der Waals surface area (Å²) in [5, 5.41) is 3.37. The lowest BCUT2D eigenvalue weighted by molar-refractivity contribution is 0.190. The Kier molecular flexibility index (Phi) is 5.49.